The van der Waals surface area contributed by atoms with Crippen LogP contribution in [0.4, 0.5) is 5.69 Å². The Morgan fingerprint density at radius 3 is 2.81 bits per heavy atom. The number of carboxylic acid groups (broad SMARTS) is 1. The summed E-state index contributed by atoms with van der Waals surface area (Å²) in [5.41, 5.74) is 0.784. The average molecular weight is 677 g/mol. The van der Waals surface area contributed by atoms with Gasteiger partial charge in [0.1, 0.15) is 0 Å². The van der Waals surface area contributed by atoms with E-state index in [2.05, 4.69) is 22.6 Å². The SMILES string of the molecule is CC(C[n+]1c(C=C2[Se]c3ccc(Cl)cc3N2CC(=O)O)sc2cc(I)sc21)S(=O)(=O)O. The van der Waals surface area contributed by atoms with Crippen molar-refractivity contribution in [3.8, 4) is 0 Å². The van der Waals surface area contributed by atoms with Crippen molar-refractivity contribution >= 4 is 114 Å². The quantitative estimate of drug-likeness (QED) is 0.180. The fourth-order valence-electron chi connectivity index (χ4n) is 3.08. The third-order valence-electron chi connectivity index (χ3n) is 4.56. The van der Waals surface area contributed by atoms with Crippen LogP contribution in [-0.2, 0) is 21.5 Å². The number of hydrogen-bond donors (Lipinski definition) is 2. The van der Waals surface area contributed by atoms with Gasteiger partial charge < -0.3 is 0 Å². The van der Waals surface area contributed by atoms with Crippen LogP contribution in [0, 0.1) is 2.88 Å². The summed E-state index contributed by atoms with van der Waals surface area (Å²) in [6.07, 6.45) is 1.93. The number of carbonyl (C=O) groups is 1. The van der Waals surface area contributed by atoms with Gasteiger partial charge in [0.15, 0.2) is 0 Å². The van der Waals surface area contributed by atoms with Crippen LogP contribution in [-0.4, -0.2) is 50.8 Å². The van der Waals surface area contributed by atoms with Gasteiger partial charge in [0.2, 0.25) is 0 Å². The van der Waals surface area contributed by atoms with E-state index in [9.17, 15) is 22.9 Å². The van der Waals surface area contributed by atoms with Crippen molar-refractivity contribution in [3.05, 3.63) is 41.8 Å². The standard InChI is InChI=1S/C18H14ClIN2O5S3Se/c1-9(30(25,26)27)7-22-15(28-12-5-14(20)29-18(12)22)6-16-21(8-17(23)24)11-4-10(19)2-3-13(11)31-16/h2-6,9H,7-8H2,1H3,(H-,23,24,25,26,27)/p+1. The molecule has 2 aromatic heterocycles. The van der Waals surface area contributed by atoms with Gasteiger partial charge in [0.25, 0.3) is 0 Å². The van der Waals surface area contributed by atoms with Gasteiger partial charge in [-0.1, -0.05) is 0 Å². The zero-order valence-corrected chi connectivity index (χ0v) is 22.9. The number of hydrogen-bond acceptors (Lipinski definition) is 6. The molecule has 0 aliphatic carbocycles. The first-order valence-electron chi connectivity index (χ1n) is 8.79. The normalized spacial score (nSPS) is 16.3. The Morgan fingerprint density at radius 1 is 1.39 bits per heavy atom. The van der Waals surface area contributed by atoms with Gasteiger partial charge in [-0.3, -0.25) is 0 Å². The molecule has 4 rings (SSSR count). The number of aromatic nitrogens is 1. The summed E-state index contributed by atoms with van der Waals surface area (Å²) in [7, 11) is -4.19. The van der Waals surface area contributed by atoms with Gasteiger partial charge in [-0.15, -0.1) is 0 Å². The van der Waals surface area contributed by atoms with E-state index in [0.717, 1.165) is 32.2 Å². The molecule has 0 spiro atoms. The van der Waals surface area contributed by atoms with E-state index in [-0.39, 0.29) is 28.0 Å². The van der Waals surface area contributed by atoms with Gasteiger partial charge >= 0.3 is 213 Å². The van der Waals surface area contributed by atoms with Crippen molar-refractivity contribution in [2.75, 3.05) is 11.4 Å². The van der Waals surface area contributed by atoms with Crippen molar-refractivity contribution < 1.29 is 27.4 Å². The summed E-state index contributed by atoms with van der Waals surface area (Å²) >= 11 is 11.3. The molecule has 1 atom stereocenters. The molecule has 1 aromatic carbocycles. The van der Waals surface area contributed by atoms with Gasteiger partial charge in [-0.05, 0) is 0 Å². The zero-order chi connectivity index (χ0) is 22.5. The average Bonchev–Trinajstić information content (AvgIpc) is 3.27. The summed E-state index contributed by atoms with van der Waals surface area (Å²) in [6, 6.07) is 7.51. The molecule has 2 N–H and O–H groups in total. The fraction of sp³-hybridized carbons (Fsp3) is 0.222. The van der Waals surface area contributed by atoms with Crippen molar-refractivity contribution in [1.29, 1.82) is 0 Å². The van der Waals surface area contributed by atoms with Crippen LogP contribution < -0.4 is 13.9 Å². The van der Waals surface area contributed by atoms with E-state index >= 15 is 0 Å². The number of thiazole rings is 1. The Kier molecular flexibility index (Phi) is 6.73. The molecule has 0 saturated carbocycles. The van der Waals surface area contributed by atoms with Gasteiger partial charge in [-0.25, -0.2) is 0 Å². The molecule has 0 bridgehead atoms. The van der Waals surface area contributed by atoms with Crippen molar-refractivity contribution in [3.63, 3.8) is 0 Å². The molecule has 0 saturated heterocycles. The van der Waals surface area contributed by atoms with Crippen LogP contribution in [0.25, 0.3) is 15.6 Å². The molecular weight excluding hydrogens is 662 g/mol. The first-order chi connectivity index (χ1) is 14.5. The van der Waals surface area contributed by atoms with E-state index < -0.39 is 21.3 Å². The predicted molar refractivity (Wildman–Crippen MR) is 133 cm³/mol. The molecular formula is C18H15ClIN2O5S3Se+. The Labute approximate surface area is 211 Å². The Balaban J connectivity index is 1.82. The second-order valence-electron chi connectivity index (χ2n) is 6.77. The molecule has 3 heterocycles. The number of rotatable bonds is 6. The number of aliphatic carboxylic acids is 1. The van der Waals surface area contributed by atoms with Crippen LogP contribution in [0.3, 0.4) is 0 Å². The third kappa shape index (κ3) is 4.96. The van der Waals surface area contributed by atoms with Crippen LogP contribution in [0.15, 0.2) is 28.9 Å². The van der Waals surface area contributed by atoms with Crippen molar-refractivity contribution in [2.24, 2.45) is 0 Å². The molecule has 0 radical (unpaired) electrons. The summed E-state index contributed by atoms with van der Waals surface area (Å²) in [6.45, 7) is 1.37. The number of thiophene rings is 1. The first-order valence-corrected chi connectivity index (χ1v) is 15.1. The molecule has 1 unspecified atom stereocenters. The minimum atomic E-state index is -4.19. The molecule has 0 fully saturated rings. The van der Waals surface area contributed by atoms with E-state index in [0.29, 0.717) is 5.02 Å². The van der Waals surface area contributed by atoms with Gasteiger partial charge in [0, 0.05) is 0 Å². The summed E-state index contributed by atoms with van der Waals surface area (Å²) < 4.78 is 38.7. The van der Waals surface area contributed by atoms with E-state index in [1.54, 1.807) is 28.4 Å². The van der Waals surface area contributed by atoms with Gasteiger partial charge in [0.05, 0.1) is 0 Å². The second kappa shape index (κ2) is 8.90. The Bertz CT molecular complexity index is 1340. The van der Waals surface area contributed by atoms with Crippen LogP contribution >= 0.6 is 56.9 Å². The van der Waals surface area contributed by atoms with Crippen molar-refractivity contribution in [2.45, 2.75) is 18.7 Å². The second-order valence-corrected chi connectivity index (χ2v) is 15.3. The van der Waals surface area contributed by atoms with Crippen LogP contribution in [0.2, 0.25) is 5.02 Å². The number of fused-ring (bicyclic) bond motifs is 2. The number of nitrogens with zero attached hydrogens (tertiary/aromatic N) is 2. The van der Waals surface area contributed by atoms with Crippen LogP contribution in [0.1, 0.15) is 11.9 Å². The topological polar surface area (TPSA) is 98.8 Å². The molecule has 7 nitrogen and oxygen atoms in total. The minimum absolute atomic E-state index is 0.0965. The van der Waals surface area contributed by atoms with Crippen LogP contribution in [0.5, 0.6) is 0 Å². The van der Waals surface area contributed by atoms with Gasteiger partial charge in [-0.2, -0.15) is 0 Å². The Morgan fingerprint density at radius 2 is 2.13 bits per heavy atom. The third-order valence-corrected chi connectivity index (χ3v) is 11.4. The summed E-state index contributed by atoms with van der Waals surface area (Å²) in [5.74, 6) is -0.955. The predicted octanol–water partition coefficient (Wildman–Crippen LogP) is 3.02. The maximum atomic E-state index is 11.7. The van der Waals surface area contributed by atoms with E-state index in [1.807, 2.05) is 22.8 Å². The molecule has 31 heavy (non-hydrogen) atoms. The summed E-state index contributed by atoms with van der Waals surface area (Å²) in [4.78, 5) is 14.2. The molecule has 3 aromatic rings. The Hall–Kier alpha value is -0.731. The van der Waals surface area contributed by atoms with E-state index in [1.165, 1.54) is 18.3 Å². The first kappa shape index (κ1) is 23.4. The number of halogens is 2. The maximum absolute atomic E-state index is 11.7. The molecule has 13 heteroatoms. The monoisotopic (exact) mass is 677 g/mol. The van der Waals surface area contributed by atoms with E-state index in [4.69, 9.17) is 11.6 Å². The summed E-state index contributed by atoms with van der Waals surface area (Å²) in [5, 5.41) is 9.80. The zero-order valence-electron chi connectivity index (χ0n) is 15.8. The molecule has 164 valence electrons. The number of anilines is 1. The van der Waals surface area contributed by atoms with Crippen molar-refractivity contribution in [1.82, 2.24) is 0 Å². The fourth-order valence-corrected chi connectivity index (χ4v) is 9.40. The number of benzene rings is 1. The molecule has 0 amide bonds. The number of carboxylic acids is 1. The molecule has 1 aliphatic heterocycles. The molecule has 1 aliphatic rings.